The smallest absolute Gasteiger partial charge is 0.167 e. The molecular formula is C10H8BrNO. The van der Waals surface area contributed by atoms with Gasteiger partial charge in [0, 0.05) is 10.9 Å². The van der Waals surface area contributed by atoms with Gasteiger partial charge in [-0.1, -0.05) is 12.1 Å². The average molecular weight is 238 g/mol. The van der Waals surface area contributed by atoms with E-state index in [4.69, 9.17) is 0 Å². The second-order valence-electron chi connectivity index (χ2n) is 2.97. The molecule has 0 spiro atoms. The van der Waals surface area contributed by atoms with Gasteiger partial charge in [-0.25, -0.2) is 0 Å². The van der Waals surface area contributed by atoms with Crippen LogP contribution >= 0.6 is 15.9 Å². The molecule has 1 heterocycles. The van der Waals surface area contributed by atoms with E-state index >= 15 is 0 Å². The van der Waals surface area contributed by atoms with E-state index < -0.39 is 0 Å². The van der Waals surface area contributed by atoms with Crippen LogP contribution in [0.5, 0.6) is 0 Å². The van der Waals surface area contributed by atoms with Gasteiger partial charge in [0.1, 0.15) is 0 Å². The predicted molar refractivity (Wildman–Crippen MR) is 56.1 cm³/mol. The Hall–Kier alpha value is -1.09. The summed E-state index contributed by atoms with van der Waals surface area (Å²) in [6, 6.07) is 5.95. The van der Waals surface area contributed by atoms with Crippen molar-refractivity contribution in [3.63, 3.8) is 0 Å². The molecule has 0 saturated carbocycles. The molecule has 1 aromatic heterocycles. The summed E-state index contributed by atoms with van der Waals surface area (Å²) in [4.78, 5) is 13.7. The summed E-state index contributed by atoms with van der Waals surface area (Å²) in [5.74, 6) is 0. The molecule has 0 atom stereocenters. The molecule has 0 radical (unpaired) electrons. The number of aldehydes is 1. The molecule has 13 heavy (non-hydrogen) atoms. The molecule has 2 aromatic rings. The summed E-state index contributed by atoms with van der Waals surface area (Å²) in [7, 11) is 0. The standard InChI is InChI=1S/C10H8BrNO/c1-6-3-2-4-7-9(6)10(11)8(5-13)12-7/h2-5,12H,1H3. The number of aromatic nitrogens is 1. The Kier molecular flexibility index (Phi) is 1.96. The van der Waals surface area contributed by atoms with Crippen molar-refractivity contribution in [1.82, 2.24) is 4.98 Å². The Bertz CT molecular complexity index is 473. The van der Waals surface area contributed by atoms with Crippen molar-refractivity contribution in [3.8, 4) is 0 Å². The van der Waals surface area contributed by atoms with Crippen LogP contribution in [0.15, 0.2) is 22.7 Å². The van der Waals surface area contributed by atoms with Gasteiger partial charge in [-0.3, -0.25) is 4.79 Å². The molecule has 0 bridgehead atoms. The van der Waals surface area contributed by atoms with Gasteiger partial charge in [0.05, 0.1) is 10.2 Å². The van der Waals surface area contributed by atoms with E-state index in [9.17, 15) is 4.79 Å². The third-order valence-electron chi connectivity index (χ3n) is 2.12. The average Bonchev–Trinajstić information content (AvgIpc) is 2.44. The molecule has 0 aliphatic rings. The van der Waals surface area contributed by atoms with Gasteiger partial charge in [0.15, 0.2) is 6.29 Å². The lowest BCUT2D eigenvalue weighted by molar-refractivity contribution is 0.111. The third kappa shape index (κ3) is 1.20. The molecule has 2 rings (SSSR count). The zero-order valence-electron chi connectivity index (χ0n) is 7.10. The second kappa shape index (κ2) is 3.00. The Morgan fingerprint density at radius 2 is 2.23 bits per heavy atom. The molecule has 1 aromatic carbocycles. The monoisotopic (exact) mass is 237 g/mol. The molecular weight excluding hydrogens is 230 g/mol. The lowest BCUT2D eigenvalue weighted by Gasteiger charge is -1.94. The lowest BCUT2D eigenvalue weighted by atomic mass is 10.1. The highest BCUT2D eigenvalue weighted by Gasteiger charge is 2.08. The first kappa shape index (κ1) is 8.51. The zero-order valence-corrected chi connectivity index (χ0v) is 8.68. The molecule has 1 N–H and O–H groups in total. The summed E-state index contributed by atoms with van der Waals surface area (Å²) < 4.78 is 0.857. The van der Waals surface area contributed by atoms with Crippen LogP contribution in [0.2, 0.25) is 0 Å². The number of hydrogen-bond acceptors (Lipinski definition) is 1. The molecule has 2 nitrogen and oxygen atoms in total. The van der Waals surface area contributed by atoms with Crippen molar-refractivity contribution in [2.75, 3.05) is 0 Å². The summed E-state index contributed by atoms with van der Waals surface area (Å²) in [5.41, 5.74) is 2.76. The number of fused-ring (bicyclic) bond motifs is 1. The van der Waals surface area contributed by atoms with Crippen LogP contribution in [0.1, 0.15) is 16.1 Å². The SMILES string of the molecule is Cc1cccc2[nH]c(C=O)c(Br)c12. The maximum Gasteiger partial charge on any atom is 0.167 e. The van der Waals surface area contributed by atoms with E-state index in [2.05, 4.69) is 20.9 Å². The first-order valence-electron chi connectivity index (χ1n) is 3.96. The van der Waals surface area contributed by atoms with Gasteiger partial charge in [0.2, 0.25) is 0 Å². The Labute approximate surface area is 84.1 Å². The third-order valence-corrected chi connectivity index (χ3v) is 2.94. The number of hydrogen-bond donors (Lipinski definition) is 1. The van der Waals surface area contributed by atoms with Crippen molar-refractivity contribution in [3.05, 3.63) is 33.9 Å². The van der Waals surface area contributed by atoms with Gasteiger partial charge < -0.3 is 4.98 Å². The van der Waals surface area contributed by atoms with Crippen LogP contribution in [-0.2, 0) is 0 Å². The van der Waals surface area contributed by atoms with Crippen molar-refractivity contribution < 1.29 is 4.79 Å². The van der Waals surface area contributed by atoms with Crippen LogP contribution in [0.4, 0.5) is 0 Å². The topological polar surface area (TPSA) is 32.9 Å². The van der Waals surface area contributed by atoms with Gasteiger partial charge in [-0.05, 0) is 34.5 Å². The Morgan fingerprint density at radius 1 is 1.46 bits per heavy atom. The molecule has 66 valence electrons. The highest BCUT2D eigenvalue weighted by atomic mass is 79.9. The van der Waals surface area contributed by atoms with E-state index in [0.717, 1.165) is 27.2 Å². The summed E-state index contributed by atoms with van der Waals surface area (Å²) in [5, 5.41) is 1.09. The van der Waals surface area contributed by atoms with Crippen LogP contribution in [-0.4, -0.2) is 11.3 Å². The number of nitrogens with one attached hydrogen (secondary N) is 1. The molecule has 0 fully saturated rings. The van der Waals surface area contributed by atoms with E-state index in [1.165, 1.54) is 0 Å². The molecule has 3 heteroatoms. The first-order valence-corrected chi connectivity index (χ1v) is 4.75. The van der Waals surface area contributed by atoms with Crippen LogP contribution in [0.3, 0.4) is 0 Å². The molecule has 0 aliphatic carbocycles. The van der Waals surface area contributed by atoms with E-state index in [1.54, 1.807) is 0 Å². The fourth-order valence-electron chi connectivity index (χ4n) is 1.48. The van der Waals surface area contributed by atoms with E-state index in [-0.39, 0.29) is 0 Å². The van der Waals surface area contributed by atoms with Crippen molar-refractivity contribution in [1.29, 1.82) is 0 Å². The largest absolute Gasteiger partial charge is 0.351 e. The van der Waals surface area contributed by atoms with Gasteiger partial charge in [-0.15, -0.1) is 0 Å². The number of aromatic amines is 1. The van der Waals surface area contributed by atoms with Crippen molar-refractivity contribution in [2.24, 2.45) is 0 Å². The van der Waals surface area contributed by atoms with Gasteiger partial charge in [0.25, 0.3) is 0 Å². The number of H-pyrrole nitrogens is 1. The fourth-order valence-corrected chi connectivity index (χ4v) is 2.20. The van der Waals surface area contributed by atoms with Crippen molar-refractivity contribution in [2.45, 2.75) is 6.92 Å². The predicted octanol–water partition coefficient (Wildman–Crippen LogP) is 3.05. The van der Waals surface area contributed by atoms with Crippen LogP contribution < -0.4 is 0 Å². The van der Waals surface area contributed by atoms with E-state index in [1.807, 2.05) is 25.1 Å². The maximum absolute atomic E-state index is 10.6. The highest BCUT2D eigenvalue weighted by molar-refractivity contribution is 9.10. The Morgan fingerprint density at radius 3 is 2.85 bits per heavy atom. The number of carbonyl (C=O) groups is 1. The number of rotatable bonds is 1. The van der Waals surface area contributed by atoms with Gasteiger partial charge in [-0.2, -0.15) is 0 Å². The quantitative estimate of drug-likeness (QED) is 0.761. The molecule has 0 saturated heterocycles. The van der Waals surface area contributed by atoms with Crippen molar-refractivity contribution >= 4 is 33.1 Å². The molecule has 0 aliphatic heterocycles. The van der Waals surface area contributed by atoms with Crippen LogP contribution in [0, 0.1) is 6.92 Å². The minimum atomic E-state index is 0.601. The Balaban J connectivity index is 2.92. The lowest BCUT2D eigenvalue weighted by Crippen LogP contribution is -1.77. The normalized spacial score (nSPS) is 10.6. The summed E-state index contributed by atoms with van der Waals surface area (Å²) in [6.07, 6.45) is 0.823. The zero-order chi connectivity index (χ0) is 9.42. The minimum Gasteiger partial charge on any atom is -0.351 e. The first-order chi connectivity index (χ1) is 6.24. The number of carbonyl (C=O) groups excluding carboxylic acids is 1. The second-order valence-corrected chi connectivity index (χ2v) is 3.76. The fraction of sp³-hybridized carbons (Fsp3) is 0.100. The number of halogens is 1. The maximum atomic E-state index is 10.6. The van der Waals surface area contributed by atoms with Gasteiger partial charge >= 0.3 is 0 Å². The molecule has 0 unspecified atom stereocenters. The number of benzene rings is 1. The highest BCUT2D eigenvalue weighted by Crippen LogP contribution is 2.29. The van der Waals surface area contributed by atoms with E-state index in [0.29, 0.717) is 5.69 Å². The number of aryl methyl sites for hydroxylation is 1. The van der Waals surface area contributed by atoms with Crippen LogP contribution in [0.25, 0.3) is 10.9 Å². The minimum absolute atomic E-state index is 0.601. The summed E-state index contributed by atoms with van der Waals surface area (Å²) >= 11 is 3.40. The summed E-state index contributed by atoms with van der Waals surface area (Å²) in [6.45, 7) is 2.02. The molecule has 0 amide bonds.